The Morgan fingerprint density at radius 1 is 0.973 bits per heavy atom. The number of nitrogens with zero attached hydrogens (tertiary/aromatic N) is 4. The molecule has 1 N–H and O–H groups in total. The lowest BCUT2D eigenvalue weighted by molar-refractivity contribution is -0.192. The van der Waals surface area contributed by atoms with E-state index in [0.717, 1.165) is 36.3 Å². The zero-order chi connectivity index (χ0) is 26.0. The molecule has 1 aliphatic carbocycles. The van der Waals surface area contributed by atoms with Crippen LogP contribution in [-0.2, 0) is 17.8 Å². The Hall–Kier alpha value is -3.75. The number of benzene rings is 1. The van der Waals surface area contributed by atoms with Crippen molar-refractivity contribution in [3.63, 3.8) is 0 Å². The van der Waals surface area contributed by atoms with Gasteiger partial charge in [0.25, 0.3) is 0 Å². The Kier molecular flexibility index (Phi) is 6.95. The van der Waals surface area contributed by atoms with Crippen LogP contribution in [0.3, 0.4) is 0 Å². The third-order valence-electron chi connectivity index (χ3n) is 7.10. The maximum Gasteiger partial charge on any atom is 0.490 e. The Morgan fingerprint density at radius 3 is 2.46 bits per heavy atom. The number of aliphatic carboxylic acids is 1. The number of fused-ring (bicyclic) bond motifs is 2. The third kappa shape index (κ3) is 5.21. The van der Waals surface area contributed by atoms with E-state index in [9.17, 15) is 13.2 Å². The summed E-state index contributed by atoms with van der Waals surface area (Å²) in [5.74, 6) is -2.06. The quantitative estimate of drug-likeness (QED) is 0.330. The number of halogens is 3. The molecule has 37 heavy (non-hydrogen) atoms. The van der Waals surface area contributed by atoms with Crippen molar-refractivity contribution in [2.75, 3.05) is 0 Å². The Morgan fingerprint density at radius 2 is 1.76 bits per heavy atom. The number of rotatable bonds is 3. The van der Waals surface area contributed by atoms with Crippen LogP contribution in [0, 0.1) is 0 Å². The van der Waals surface area contributed by atoms with Gasteiger partial charge in [-0.05, 0) is 67.0 Å². The van der Waals surface area contributed by atoms with E-state index in [1.165, 1.54) is 59.9 Å². The molecule has 192 valence electrons. The van der Waals surface area contributed by atoms with Crippen molar-refractivity contribution in [1.29, 1.82) is 0 Å². The topological polar surface area (TPSA) is 80.9 Å². The zero-order valence-electron chi connectivity index (χ0n) is 20.2. The summed E-state index contributed by atoms with van der Waals surface area (Å²) in [5.41, 5.74) is 8.30. The summed E-state index contributed by atoms with van der Waals surface area (Å²) in [6.45, 7) is 0.990. The van der Waals surface area contributed by atoms with Crippen LogP contribution in [0.25, 0.3) is 33.4 Å². The number of aryl methyl sites for hydroxylation is 1. The smallest absolute Gasteiger partial charge is 0.475 e. The Balaban J connectivity index is 0.000000355. The Bertz CT molecular complexity index is 1410. The van der Waals surface area contributed by atoms with Crippen molar-refractivity contribution in [2.45, 2.75) is 63.6 Å². The minimum Gasteiger partial charge on any atom is -0.475 e. The minimum atomic E-state index is -5.08. The molecule has 0 atom stereocenters. The molecule has 0 unspecified atom stereocenters. The largest absolute Gasteiger partial charge is 0.490 e. The van der Waals surface area contributed by atoms with Gasteiger partial charge in [0.05, 0.1) is 11.2 Å². The lowest BCUT2D eigenvalue weighted by Crippen LogP contribution is -2.21. The normalized spacial score (nSPS) is 15.8. The predicted octanol–water partition coefficient (Wildman–Crippen LogP) is 6.79. The number of hydrogen-bond acceptors (Lipinski definition) is 4. The average Bonchev–Trinajstić information content (AvgIpc) is 3.51. The molecule has 0 spiro atoms. The van der Waals surface area contributed by atoms with Crippen molar-refractivity contribution in [3.8, 4) is 22.5 Å². The van der Waals surface area contributed by atoms with E-state index in [4.69, 9.17) is 20.0 Å². The van der Waals surface area contributed by atoms with Gasteiger partial charge in [-0.25, -0.2) is 4.79 Å². The van der Waals surface area contributed by atoms with Crippen LogP contribution >= 0.6 is 0 Å². The molecule has 1 aliphatic heterocycles. The maximum absolute atomic E-state index is 10.6. The van der Waals surface area contributed by atoms with Crippen LogP contribution in [0.15, 0.2) is 54.9 Å². The van der Waals surface area contributed by atoms with Gasteiger partial charge in [0.2, 0.25) is 0 Å². The van der Waals surface area contributed by atoms with Crippen LogP contribution in [0.2, 0.25) is 0 Å². The maximum atomic E-state index is 10.6. The molecule has 9 heteroatoms. The fraction of sp³-hybridized carbons (Fsp3) is 0.357. The van der Waals surface area contributed by atoms with Crippen molar-refractivity contribution in [3.05, 3.63) is 66.1 Å². The van der Waals surface area contributed by atoms with Crippen LogP contribution in [0.1, 0.15) is 55.7 Å². The molecule has 1 aromatic carbocycles. The lowest BCUT2D eigenvalue weighted by atomic mass is 9.83. The first-order chi connectivity index (χ1) is 17.8. The molecule has 0 saturated heterocycles. The van der Waals surface area contributed by atoms with Crippen molar-refractivity contribution in [1.82, 2.24) is 19.7 Å². The van der Waals surface area contributed by atoms with E-state index in [0.29, 0.717) is 5.92 Å². The highest BCUT2D eigenvalue weighted by Gasteiger charge is 2.38. The molecule has 0 amide bonds. The number of carboxylic acids is 1. The van der Waals surface area contributed by atoms with Crippen molar-refractivity contribution in [2.24, 2.45) is 0 Å². The van der Waals surface area contributed by atoms with E-state index in [2.05, 4.69) is 40.0 Å². The summed E-state index contributed by atoms with van der Waals surface area (Å²) < 4.78 is 33.9. The van der Waals surface area contributed by atoms with Crippen molar-refractivity contribution >= 4 is 16.9 Å². The van der Waals surface area contributed by atoms with Crippen LogP contribution in [-0.4, -0.2) is 37.0 Å². The van der Waals surface area contributed by atoms with Gasteiger partial charge in [-0.15, -0.1) is 0 Å². The summed E-state index contributed by atoms with van der Waals surface area (Å²) in [5, 5.41) is 13.3. The molecule has 4 heterocycles. The first-order valence-electron chi connectivity index (χ1n) is 12.5. The second-order valence-electron chi connectivity index (χ2n) is 9.48. The standard InChI is InChI=1S/C26H26N4.C2HF3O2/c1-2-7-18(8-3-1)19-11-12-20-21(13-15-28-23(20)17-19)25-24-10-6-16-30(24)29-26(25)22-9-4-5-14-27-22;3-2(4,5)1(6)7/h4-5,9,11-15,17-18H,1-3,6-8,10,16H2;(H,6,7). The number of pyridine rings is 2. The minimum absolute atomic E-state index is 0.693. The predicted molar refractivity (Wildman–Crippen MR) is 134 cm³/mol. The second-order valence-corrected chi connectivity index (χ2v) is 9.48. The summed E-state index contributed by atoms with van der Waals surface area (Å²) in [7, 11) is 0. The summed E-state index contributed by atoms with van der Waals surface area (Å²) >= 11 is 0. The first kappa shape index (κ1) is 24.9. The van der Waals surface area contributed by atoms with Crippen LogP contribution in [0.5, 0.6) is 0 Å². The molecular formula is C28H27F3N4O2. The van der Waals surface area contributed by atoms with E-state index >= 15 is 0 Å². The number of carbonyl (C=O) groups is 1. The summed E-state index contributed by atoms with van der Waals surface area (Å²) in [6, 6.07) is 15.2. The second kappa shape index (κ2) is 10.3. The molecule has 2 aliphatic rings. The fourth-order valence-corrected chi connectivity index (χ4v) is 5.37. The van der Waals surface area contributed by atoms with E-state index in [-0.39, 0.29) is 0 Å². The number of alkyl halides is 3. The van der Waals surface area contributed by atoms with Gasteiger partial charge in [-0.3, -0.25) is 14.6 Å². The third-order valence-corrected chi connectivity index (χ3v) is 7.10. The zero-order valence-corrected chi connectivity index (χ0v) is 20.2. The molecule has 0 bridgehead atoms. The Labute approximate surface area is 212 Å². The highest BCUT2D eigenvalue weighted by atomic mass is 19.4. The van der Waals surface area contributed by atoms with Gasteiger partial charge in [-0.1, -0.05) is 37.5 Å². The van der Waals surface area contributed by atoms with E-state index in [1.54, 1.807) is 0 Å². The summed E-state index contributed by atoms with van der Waals surface area (Å²) in [6.07, 6.45) is 7.67. The van der Waals surface area contributed by atoms with Gasteiger partial charge in [0.1, 0.15) is 5.69 Å². The number of hydrogen-bond donors (Lipinski definition) is 1. The van der Waals surface area contributed by atoms with Gasteiger partial charge < -0.3 is 5.11 Å². The molecule has 4 aromatic rings. The number of carboxylic acid groups (broad SMARTS) is 1. The van der Waals surface area contributed by atoms with Crippen LogP contribution in [0.4, 0.5) is 13.2 Å². The molecule has 1 fully saturated rings. The van der Waals surface area contributed by atoms with Gasteiger partial charge in [0.15, 0.2) is 0 Å². The fourth-order valence-electron chi connectivity index (χ4n) is 5.37. The van der Waals surface area contributed by atoms with Crippen LogP contribution < -0.4 is 0 Å². The van der Waals surface area contributed by atoms with Gasteiger partial charge in [0, 0.05) is 35.6 Å². The molecule has 0 radical (unpaired) electrons. The molecule has 6 nitrogen and oxygen atoms in total. The molecule has 6 rings (SSSR count). The molecular weight excluding hydrogens is 481 g/mol. The average molecular weight is 509 g/mol. The number of aromatic nitrogens is 4. The molecule has 3 aromatic heterocycles. The van der Waals surface area contributed by atoms with Crippen molar-refractivity contribution < 1.29 is 23.1 Å². The van der Waals surface area contributed by atoms with Gasteiger partial charge in [-0.2, -0.15) is 18.3 Å². The summed E-state index contributed by atoms with van der Waals surface area (Å²) in [4.78, 5) is 18.3. The molecule has 1 saturated carbocycles. The van der Waals surface area contributed by atoms with Gasteiger partial charge >= 0.3 is 12.1 Å². The highest BCUT2D eigenvalue weighted by Crippen LogP contribution is 2.41. The van der Waals surface area contributed by atoms with E-state index < -0.39 is 12.1 Å². The van der Waals surface area contributed by atoms with E-state index in [1.807, 2.05) is 24.5 Å². The SMILES string of the molecule is O=C(O)C(F)(F)F.c1ccc(-c2nn3c(c2-c2ccnc4cc(C5CCCCC5)ccc24)CCC3)nc1. The monoisotopic (exact) mass is 508 g/mol. The highest BCUT2D eigenvalue weighted by molar-refractivity contribution is 5.99. The first-order valence-corrected chi connectivity index (χ1v) is 12.5. The lowest BCUT2D eigenvalue weighted by Gasteiger charge is -2.22.